The standard InChI is InChI=1S/C16H22N2O3/c1-4-13-14(20)17-16(3,5-2)15(21)18(13)10-11-7-6-8-12(19)9-11/h6-9,13,19H,4-5,10H2,1-3H3,(H,17,20). The summed E-state index contributed by atoms with van der Waals surface area (Å²) in [4.78, 5) is 26.6. The number of carbonyl (C=O) groups is 2. The number of phenolic OH excluding ortho intramolecular Hbond substituents is 1. The molecule has 21 heavy (non-hydrogen) atoms. The molecule has 0 radical (unpaired) electrons. The molecule has 2 N–H and O–H groups in total. The van der Waals surface area contributed by atoms with Gasteiger partial charge in [0.25, 0.3) is 0 Å². The lowest BCUT2D eigenvalue weighted by Gasteiger charge is -2.44. The van der Waals surface area contributed by atoms with Crippen LogP contribution in [0.15, 0.2) is 24.3 Å². The molecular formula is C16H22N2O3. The zero-order valence-electron chi connectivity index (χ0n) is 12.7. The van der Waals surface area contributed by atoms with Gasteiger partial charge < -0.3 is 15.3 Å². The number of carbonyl (C=O) groups excluding carboxylic acids is 2. The van der Waals surface area contributed by atoms with Crippen LogP contribution in [-0.2, 0) is 16.1 Å². The van der Waals surface area contributed by atoms with E-state index in [1.807, 2.05) is 19.9 Å². The molecule has 2 unspecified atom stereocenters. The molecule has 114 valence electrons. The van der Waals surface area contributed by atoms with Gasteiger partial charge >= 0.3 is 0 Å². The van der Waals surface area contributed by atoms with Gasteiger partial charge in [0.2, 0.25) is 11.8 Å². The summed E-state index contributed by atoms with van der Waals surface area (Å²) in [5.41, 5.74) is -0.0329. The number of aromatic hydroxyl groups is 1. The fourth-order valence-corrected chi connectivity index (χ4v) is 2.69. The summed E-state index contributed by atoms with van der Waals surface area (Å²) in [7, 11) is 0. The first kappa shape index (κ1) is 15.4. The van der Waals surface area contributed by atoms with Crippen LogP contribution >= 0.6 is 0 Å². The van der Waals surface area contributed by atoms with Crippen molar-refractivity contribution in [1.82, 2.24) is 10.2 Å². The third-order valence-electron chi connectivity index (χ3n) is 4.17. The molecule has 2 amide bonds. The summed E-state index contributed by atoms with van der Waals surface area (Å²) < 4.78 is 0. The fraction of sp³-hybridized carbons (Fsp3) is 0.500. The van der Waals surface area contributed by atoms with E-state index in [-0.39, 0.29) is 17.6 Å². The Balaban J connectivity index is 2.32. The zero-order chi connectivity index (χ0) is 15.6. The highest BCUT2D eigenvalue weighted by Gasteiger charge is 2.46. The van der Waals surface area contributed by atoms with Crippen molar-refractivity contribution in [3.05, 3.63) is 29.8 Å². The van der Waals surface area contributed by atoms with Gasteiger partial charge in [-0.15, -0.1) is 0 Å². The van der Waals surface area contributed by atoms with E-state index in [9.17, 15) is 14.7 Å². The average Bonchev–Trinajstić information content (AvgIpc) is 2.45. The number of benzene rings is 1. The Labute approximate surface area is 125 Å². The van der Waals surface area contributed by atoms with E-state index in [1.165, 1.54) is 0 Å². The maximum absolute atomic E-state index is 12.7. The summed E-state index contributed by atoms with van der Waals surface area (Å²) in [6, 6.07) is 6.33. The number of nitrogens with one attached hydrogen (secondary N) is 1. The lowest BCUT2D eigenvalue weighted by molar-refractivity contribution is -0.155. The van der Waals surface area contributed by atoms with Crippen molar-refractivity contribution in [3.8, 4) is 5.75 Å². The molecule has 0 spiro atoms. The topological polar surface area (TPSA) is 69.6 Å². The minimum absolute atomic E-state index is 0.0696. The predicted molar refractivity (Wildman–Crippen MR) is 79.6 cm³/mol. The van der Waals surface area contributed by atoms with Crippen LogP contribution in [-0.4, -0.2) is 33.4 Å². The molecule has 1 aliphatic heterocycles. The minimum Gasteiger partial charge on any atom is -0.508 e. The number of hydrogen-bond donors (Lipinski definition) is 2. The van der Waals surface area contributed by atoms with Gasteiger partial charge in [-0.05, 0) is 37.5 Å². The Morgan fingerprint density at radius 1 is 1.33 bits per heavy atom. The van der Waals surface area contributed by atoms with E-state index >= 15 is 0 Å². The third-order valence-corrected chi connectivity index (χ3v) is 4.17. The SMILES string of the molecule is CCC1C(=O)NC(C)(CC)C(=O)N1Cc1cccc(O)c1. The molecule has 1 saturated heterocycles. The Hall–Kier alpha value is -2.04. The molecule has 0 aliphatic carbocycles. The Bertz CT molecular complexity index is 558. The highest BCUT2D eigenvalue weighted by Crippen LogP contribution is 2.25. The van der Waals surface area contributed by atoms with Crippen LogP contribution in [0.4, 0.5) is 0 Å². The highest BCUT2D eigenvalue weighted by atomic mass is 16.3. The third kappa shape index (κ3) is 2.86. The van der Waals surface area contributed by atoms with Crippen LogP contribution in [0.3, 0.4) is 0 Å². The van der Waals surface area contributed by atoms with Crippen molar-refractivity contribution in [2.75, 3.05) is 0 Å². The molecule has 2 atom stereocenters. The lowest BCUT2D eigenvalue weighted by atomic mass is 9.91. The second-order valence-electron chi connectivity index (χ2n) is 5.70. The minimum atomic E-state index is -0.848. The quantitative estimate of drug-likeness (QED) is 0.888. The van der Waals surface area contributed by atoms with Gasteiger partial charge in [0.1, 0.15) is 17.3 Å². The summed E-state index contributed by atoms with van der Waals surface area (Å²) in [5.74, 6) is -0.0193. The van der Waals surface area contributed by atoms with Gasteiger partial charge in [-0.2, -0.15) is 0 Å². The van der Waals surface area contributed by atoms with Crippen molar-refractivity contribution in [2.45, 2.75) is 51.7 Å². The molecule has 1 aromatic rings. The summed E-state index contributed by atoms with van der Waals surface area (Å²) in [6.07, 6.45) is 1.11. The van der Waals surface area contributed by atoms with Gasteiger partial charge in [0, 0.05) is 6.54 Å². The first-order valence-electron chi connectivity index (χ1n) is 7.32. The van der Waals surface area contributed by atoms with Crippen LogP contribution in [0.5, 0.6) is 5.75 Å². The molecular weight excluding hydrogens is 268 g/mol. The summed E-state index contributed by atoms with van der Waals surface area (Å²) in [5, 5.41) is 12.4. The zero-order valence-corrected chi connectivity index (χ0v) is 12.7. The average molecular weight is 290 g/mol. The maximum atomic E-state index is 12.7. The van der Waals surface area contributed by atoms with Crippen LogP contribution in [0, 0.1) is 0 Å². The van der Waals surface area contributed by atoms with Crippen LogP contribution in [0.2, 0.25) is 0 Å². The van der Waals surface area contributed by atoms with E-state index < -0.39 is 11.6 Å². The smallest absolute Gasteiger partial charge is 0.249 e. The molecule has 1 fully saturated rings. The molecule has 1 heterocycles. The molecule has 5 nitrogen and oxygen atoms in total. The Kier molecular flexibility index (Phi) is 4.21. The Morgan fingerprint density at radius 2 is 2.05 bits per heavy atom. The maximum Gasteiger partial charge on any atom is 0.249 e. The number of piperazine rings is 1. The number of hydrogen-bond acceptors (Lipinski definition) is 3. The molecule has 5 heteroatoms. The van der Waals surface area contributed by atoms with Crippen molar-refractivity contribution >= 4 is 11.8 Å². The second-order valence-corrected chi connectivity index (χ2v) is 5.70. The van der Waals surface area contributed by atoms with Gasteiger partial charge in [0.05, 0.1) is 0 Å². The van der Waals surface area contributed by atoms with E-state index in [1.54, 1.807) is 30.0 Å². The van der Waals surface area contributed by atoms with Crippen molar-refractivity contribution < 1.29 is 14.7 Å². The van der Waals surface area contributed by atoms with Crippen LogP contribution < -0.4 is 5.32 Å². The highest BCUT2D eigenvalue weighted by molar-refractivity contribution is 5.99. The normalized spacial score (nSPS) is 25.9. The first-order valence-corrected chi connectivity index (χ1v) is 7.32. The van der Waals surface area contributed by atoms with E-state index in [0.29, 0.717) is 19.4 Å². The molecule has 2 rings (SSSR count). The number of amides is 2. The van der Waals surface area contributed by atoms with E-state index in [4.69, 9.17) is 0 Å². The van der Waals surface area contributed by atoms with E-state index in [0.717, 1.165) is 5.56 Å². The van der Waals surface area contributed by atoms with Crippen LogP contribution in [0.1, 0.15) is 39.2 Å². The van der Waals surface area contributed by atoms with Gasteiger partial charge in [-0.25, -0.2) is 0 Å². The Morgan fingerprint density at radius 3 is 2.62 bits per heavy atom. The lowest BCUT2D eigenvalue weighted by Crippen LogP contribution is -2.68. The molecule has 0 bridgehead atoms. The largest absolute Gasteiger partial charge is 0.508 e. The number of phenols is 1. The molecule has 1 aromatic carbocycles. The van der Waals surface area contributed by atoms with Gasteiger partial charge in [-0.1, -0.05) is 26.0 Å². The van der Waals surface area contributed by atoms with Gasteiger partial charge in [0.15, 0.2) is 0 Å². The fourth-order valence-electron chi connectivity index (χ4n) is 2.69. The molecule has 1 aliphatic rings. The van der Waals surface area contributed by atoms with Crippen LogP contribution in [0.25, 0.3) is 0 Å². The molecule has 0 saturated carbocycles. The second kappa shape index (κ2) is 5.76. The summed E-state index contributed by atoms with van der Waals surface area (Å²) >= 11 is 0. The monoisotopic (exact) mass is 290 g/mol. The first-order chi connectivity index (χ1) is 9.91. The summed E-state index contributed by atoms with van der Waals surface area (Å²) in [6.45, 7) is 5.86. The van der Waals surface area contributed by atoms with Crippen molar-refractivity contribution in [1.29, 1.82) is 0 Å². The van der Waals surface area contributed by atoms with Gasteiger partial charge in [-0.3, -0.25) is 9.59 Å². The van der Waals surface area contributed by atoms with Crippen molar-refractivity contribution in [3.63, 3.8) is 0 Å². The predicted octanol–water partition coefficient (Wildman–Crippen LogP) is 1.80. The number of nitrogens with zero attached hydrogens (tertiary/aromatic N) is 1. The number of rotatable bonds is 4. The van der Waals surface area contributed by atoms with E-state index in [2.05, 4.69) is 5.32 Å². The molecule has 0 aromatic heterocycles. The van der Waals surface area contributed by atoms with Crippen molar-refractivity contribution in [2.24, 2.45) is 0 Å².